The van der Waals surface area contributed by atoms with E-state index in [9.17, 15) is 9.59 Å². The number of ether oxygens (including phenoxy) is 1. The predicted molar refractivity (Wildman–Crippen MR) is 113 cm³/mol. The van der Waals surface area contributed by atoms with Crippen LogP contribution in [0.4, 0.5) is 11.4 Å². The van der Waals surface area contributed by atoms with Crippen LogP contribution < -0.4 is 10.1 Å². The van der Waals surface area contributed by atoms with Gasteiger partial charge in [0.05, 0.1) is 12.8 Å². The molecule has 2 aromatic rings. The number of rotatable bonds is 5. The summed E-state index contributed by atoms with van der Waals surface area (Å²) < 4.78 is 5.14. The van der Waals surface area contributed by atoms with Gasteiger partial charge in [-0.25, -0.2) is 4.99 Å². The quantitative estimate of drug-likeness (QED) is 0.831. The summed E-state index contributed by atoms with van der Waals surface area (Å²) in [6.07, 6.45) is 0.100. The van der Waals surface area contributed by atoms with Crippen molar-refractivity contribution in [2.45, 2.75) is 25.5 Å². The summed E-state index contributed by atoms with van der Waals surface area (Å²) in [4.78, 5) is 31.0. The van der Waals surface area contributed by atoms with Gasteiger partial charge in [-0.05, 0) is 55.3 Å². The Balaban J connectivity index is 1.68. The molecule has 1 saturated heterocycles. The SMILES string of the molecule is COc1ccc(N=C2SC(CC(=O)Nc3cccc(C)c3C)C(=O)N2C)cc1. The molecule has 1 atom stereocenters. The number of carbonyl (C=O) groups is 2. The lowest BCUT2D eigenvalue weighted by Crippen LogP contribution is -2.30. The van der Waals surface area contributed by atoms with Gasteiger partial charge in [-0.3, -0.25) is 14.5 Å². The van der Waals surface area contributed by atoms with Crippen LogP contribution in [0.15, 0.2) is 47.5 Å². The number of thioether (sulfide) groups is 1. The molecule has 0 aromatic heterocycles. The normalized spacial score (nSPS) is 17.9. The van der Waals surface area contributed by atoms with Gasteiger partial charge in [0.1, 0.15) is 11.0 Å². The first-order valence-corrected chi connectivity index (χ1v) is 9.80. The van der Waals surface area contributed by atoms with Crippen molar-refractivity contribution in [3.63, 3.8) is 0 Å². The average molecular weight is 398 g/mol. The summed E-state index contributed by atoms with van der Waals surface area (Å²) in [6.45, 7) is 3.96. The zero-order valence-corrected chi connectivity index (χ0v) is 17.2. The number of hydrogen-bond donors (Lipinski definition) is 1. The van der Waals surface area contributed by atoms with Crippen LogP contribution in [-0.4, -0.2) is 41.3 Å². The number of benzene rings is 2. The molecule has 1 aliphatic heterocycles. The third-order valence-corrected chi connectivity index (χ3v) is 5.92. The third kappa shape index (κ3) is 4.36. The highest BCUT2D eigenvalue weighted by Gasteiger charge is 2.37. The van der Waals surface area contributed by atoms with Crippen LogP contribution in [-0.2, 0) is 9.59 Å². The summed E-state index contributed by atoms with van der Waals surface area (Å²) in [5.41, 5.74) is 3.64. The molecule has 1 aliphatic rings. The van der Waals surface area contributed by atoms with Gasteiger partial charge in [0, 0.05) is 19.2 Å². The van der Waals surface area contributed by atoms with E-state index in [0.29, 0.717) is 5.17 Å². The largest absolute Gasteiger partial charge is 0.497 e. The number of amides is 2. The smallest absolute Gasteiger partial charge is 0.242 e. The summed E-state index contributed by atoms with van der Waals surface area (Å²) >= 11 is 1.31. The average Bonchev–Trinajstić information content (AvgIpc) is 2.94. The summed E-state index contributed by atoms with van der Waals surface area (Å²) in [5, 5.41) is 3.02. The standard InChI is InChI=1S/C21H23N3O3S/c1-13-6-5-7-17(14(13)2)23-19(25)12-18-20(26)24(3)21(28-18)22-15-8-10-16(27-4)11-9-15/h5-11,18H,12H2,1-4H3,(H,23,25). The van der Waals surface area contributed by atoms with Gasteiger partial charge in [-0.2, -0.15) is 0 Å². The van der Waals surface area contributed by atoms with Crippen LogP contribution in [0, 0.1) is 13.8 Å². The van der Waals surface area contributed by atoms with Crippen molar-refractivity contribution in [1.29, 1.82) is 0 Å². The van der Waals surface area contributed by atoms with Crippen molar-refractivity contribution in [1.82, 2.24) is 4.90 Å². The lowest BCUT2D eigenvalue weighted by Gasteiger charge is -2.12. The Labute approximate surface area is 169 Å². The molecule has 6 nitrogen and oxygen atoms in total. The van der Waals surface area contributed by atoms with Gasteiger partial charge in [-0.15, -0.1) is 0 Å². The number of anilines is 1. The lowest BCUT2D eigenvalue weighted by molar-refractivity contribution is -0.127. The molecule has 0 bridgehead atoms. The zero-order chi connectivity index (χ0) is 20.3. The lowest BCUT2D eigenvalue weighted by atomic mass is 10.1. The molecule has 2 aromatic carbocycles. The third-order valence-electron chi connectivity index (χ3n) is 4.69. The van der Waals surface area contributed by atoms with Crippen molar-refractivity contribution in [3.8, 4) is 5.75 Å². The van der Waals surface area contributed by atoms with Crippen LogP contribution in [0.3, 0.4) is 0 Å². The Bertz CT molecular complexity index is 925. The maximum atomic E-state index is 12.5. The maximum Gasteiger partial charge on any atom is 0.242 e. The summed E-state index contributed by atoms with van der Waals surface area (Å²) in [6, 6.07) is 13.0. The zero-order valence-electron chi connectivity index (χ0n) is 16.4. The first-order chi connectivity index (χ1) is 13.4. The predicted octanol–water partition coefficient (Wildman–Crippen LogP) is 3.90. The minimum absolute atomic E-state index is 0.100. The molecule has 7 heteroatoms. The van der Waals surface area contributed by atoms with Crippen LogP contribution in [0.25, 0.3) is 0 Å². The molecule has 0 radical (unpaired) electrons. The maximum absolute atomic E-state index is 12.5. The second-order valence-corrected chi connectivity index (χ2v) is 7.77. The van der Waals surface area contributed by atoms with E-state index < -0.39 is 5.25 Å². The minimum Gasteiger partial charge on any atom is -0.497 e. The number of carbonyl (C=O) groups excluding carboxylic acids is 2. The molecular formula is C21H23N3O3S. The van der Waals surface area contributed by atoms with Gasteiger partial charge >= 0.3 is 0 Å². The second-order valence-electron chi connectivity index (χ2n) is 6.60. The van der Waals surface area contributed by atoms with E-state index in [0.717, 1.165) is 28.3 Å². The fourth-order valence-electron chi connectivity index (χ4n) is 2.82. The van der Waals surface area contributed by atoms with Gasteiger partial charge < -0.3 is 10.1 Å². The fourth-order valence-corrected chi connectivity index (χ4v) is 3.97. The molecule has 0 aliphatic carbocycles. The number of amidine groups is 1. The molecule has 1 unspecified atom stereocenters. The van der Waals surface area contributed by atoms with Gasteiger partial charge in [-0.1, -0.05) is 23.9 Å². The topological polar surface area (TPSA) is 71.0 Å². The van der Waals surface area contributed by atoms with E-state index in [1.54, 1.807) is 14.2 Å². The molecule has 2 amide bonds. The Kier molecular flexibility index (Phi) is 6.04. The Morgan fingerprint density at radius 1 is 1.21 bits per heavy atom. The molecule has 28 heavy (non-hydrogen) atoms. The number of methoxy groups -OCH3 is 1. The molecule has 1 N–H and O–H groups in total. The van der Waals surface area contributed by atoms with Gasteiger partial charge in [0.2, 0.25) is 11.8 Å². The summed E-state index contributed by atoms with van der Waals surface area (Å²) in [5.74, 6) is 0.445. The highest BCUT2D eigenvalue weighted by molar-refractivity contribution is 8.15. The van der Waals surface area contributed by atoms with Crippen molar-refractivity contribution in [2.24, 2.45) is 4.99 Å². The monoisotopic (exact) mass is 397 g/mol. The Hall–Kier alpha value is -2.80. The van der Waals surface area contributed by atoms with Crippen LogP contribution in [0.2, 0.25) is 0 Å². The van der Waals surface area contributed by atoms with Crippen molar-refractivity contribution in [2.75, 3.05) is 19.5 Å². The van der Waals surface area contributed by atoms with Gasteiger partial charge in [0.15, 0.2) is 5.17 Å². The highest BCUT2D eigenvalue weighted by atomic mass is 32.2. The first-order valence-electron chi connectivity index (χ1n) is 8.92. The van der Waals surface area contributed by atoms with E-state index in [-0.39, 0.29) is 18.2 Å². The molecule has 1 heterocycles. The Morgan fingerprint density at radius 3 is 2.61 bits per heavy atom. The minimum atomic E-state index is -0.480. The number of aryl methyl sites for hydroxylation is 1. The van der Waals surface area contributed by atoms with Crippen molar-refractivity contribution < 1.29 is 14.3 Å². The number of nitrogens with one attached hydrogen (secondary N) is 1. The molecule has 0 spiro atoms. The van der Waals surface area contributed by atoms with Crippen LogP contribution in [0.5, 0.6) is 5.75 Å². The van der Waals surface area contributed by atoms with Crippen molar-refractivity contribution >= 4 is 40.1 Å². The molecule has 1 fully saturated rings. The van der Waals surface area contributed by atoms with E-state index in [2.05, 4.69) is 10.3 Å². The molecular weight excluding hydrogens is 374 g/mol. The van der Waals surface area contributed by atoms with Crippen LogP contribution >= 0.6 is 11.8 Å². The second kappa shape index (κ2) is 8.48. The number of nitrogens with zero attached hydrogens (tertiary/aromatic N) is 2. The highest BCUT2D eigenvalue weighted by Crippen LogP contribution is 2.31. The van der Waals surface area contributed by atoms with Gasteiger partial charge in [0.25, 0.3) is 0 Å². The number of hydrogen-bond acceptors (Lipinski definition) is 5. The van der Waals surface area contributed by atoms with E-state index in [4.69, 9.17) is 4.74 Å². The molecule has 146 valence electrons. The Morgan fingerprint density at radius 2 is 1.93 bits per heavy atom. The van der Waals surface area contributed by atoms with E-state index >= 15 is 0 Å². The fraction of sp³-hybridized carbons (Fsp3) is 0.286. The molecule has 0 saturated carbocycles. The number of aliphatic imine (C=N–C) groups is 1. The van der Waals surface area contributed by atoms with Crippen molar-refractivity contribution in [3.05, 3.63) is 53.6 Å². The first kappa shape index (κ1) is 19.9. The summed E-state index contributed by atoms with van der Waals surface area (Å²) in [7, 11) is 3.29. The van der Waals surface area contributed by atoms with E-state index in [1.807, 2.05) is 56.3 Å². The van der Waals surface area contributed by atoms with Crippen LogP contribution in [0.1, 0.15) is 17.5 Å². The van der Waals surface area contributed by atoms with E-state index in [1.165, 1.54) is 16.7 Å². The molecule has 3 rings (SSSR count).